The van der Waals surface area contributed by atoms with Crippen LogP contribution < -0.4 is 0 Å². The van der Waals surface area contributed by atoms with Gasteiger partial charge in [0.05, 0.1) is 6.61 Å². The summed E-state index contributed by atoms with van der Waals surface area (Å²) in [5.74, 6) is 0. The van der Waals surface area contributed by atoms with Gasteiger partial charge in [0, 0.05) is 46.2 Å². The number of methoxy groups -OCH3 is 1. The molecule has 64 valence electrons. The van der Waals surface area contributed by atoms with Crippen LogP contribution in [0.5, 0.6) is 0 Å². The summed E-state index contributed by atoms with van der Waals surface area (Å²) in [4.78, 5) is 4.45. The maximum Gasteiger partial charge on any atom is 0.0637 e. The summed E-state index contributed by atoms with van der Waals surface area (Å²) in [5, 5.41) is 0. The Labute approximate surface area is 68.2 Å². The molecule has 3 nitrogen and oxygen atoms in total. The monoisotopic (exact) mass is 156 g/mol. The van der Waals surface area contributed by atoms with Gasteiger partial charge >= 0.3 is 0 Å². The van der Waals surface area contributed by atoms with Crippen molar-refractivity contribution in [3.63, 3.8) is 0 Å². The van der Waals surface area contributed by atoms with Crippen LogP contribution in [0.4, 0.5) is 0 Å². The molecule has 0 fully saturated rings. The maximum atomic E-state index is 4.98. The van der Waals surface area contributed by atoms with Gasteiger partial charge in [0.25, 0.3) is 0 Å². The molecule has 1 aliphatic heterocycles. The van der Waals surface area contributed by atoms with Crippen LogP contribution in [0.25, 0.3) is 0 Å². The van der Waals surface area contributed by atoms with E-state index in [9.17, 15) is 0 Å². The van der Waals surface area contributed by atoms with Crippen LogP contribution in [0.15, 0.2) is 12.4 Å². The Morgan fingerprint density at radius 2 is 2.18 bits per heavy atom. The SMILES string of the molecule is COCCN1C=CN(C)CC1. The first-order valence-corrected chi connectivity index (χ1v) is 3.94. The van der Waals surface area contributed by atoms with E-state index in [2.05, 4.69) is 29.2 Å². The number of rotatable bonds is 3. The molecular weight excluding hydrogens is 140 g/mol. The minimum atomic E-state index is 0.814. The molecule has 1 aliphatic rings. The highest BCUT2D eigenvalue weighted by Gasteiger charge is 2.04. The third-order valence-electron chi connectivity index (χ3n) is 1.85. The highest BCUT2D eigenvalue weighted by atomic mass is 16.5. The fraction of sp³-hybridized carbons (Fsp3) is 0.750. The van der Waals surface area contributed by atoms with Crippen molar-refractivity contribution in [2.45, 2.75) is 0 Å². The van der Waals surface area contributed by atoms with E-state index in [-0.39, 0.29) is 0 Å². The molecule has 0 bridgehead atoms. The zero-order valence-electron chi connectivity index (χ0n) is 7.29. The highest BCUT2D eigenvalue weighted by Crippen LogP contribution is 1.99. The third-order valence-corrected chi connectivity index (χ3v) is 1.85. The van der Waals surface area contributed by atoms with Gasteiger partial charge in [-0.1, -0.05) is 0 Å². The molecule has 0 aromatic rings. The number of hydrogen-bond donors (Lipinski definition) is 0. The van der Waals surface area contributed by atoms with Gasteiger partial charge in [-0.05, 0) is 0 Å². The number of nitrogens with zero attached hydrogens (tertiary/aromatic N) is 2. The summed E-state index contributed by atoms with van der Waals surface area (Å²) in [7, 11) is 3.82. The Bertz CT molecular complexity index is 136. The quantitative estimate of drug-likeness (QED) is 0.586. The van der Waals surface area contributed by atoms with Crippen LogP contribution in [0, 0.1) is 0 Å². The van der Waals surface area contributed by atoms with Crippen molar-refractivity contribution in [1.29, 1.82) is 0 Å². The van der Waals surface area contributed by atoms with E-state index in [0.29, 0.717) is 0 Å². The van der Waals surface area contributed by atoms with Gasteiger partial charge in [0.2, 0.25) is 0 Å². The first-order valence-electron chi connectivity index (χ1n) is 3.94. The lowest BCUT2D eigenvalue weighted by molar-refractivity contribution is 0.160. The minimum Gasteiger partial charge on any atom is -0.383 e. The molecular formula is C8H16N2O. The second-order valence-electron chi connectivity index (χ2n) is 2.81. The van der Waals surface area contributed by atoms with Gasteiger partial charge in [0.15, 0.2) is 0 Å². The highest BCUT2D eigenvalue weighted by molar-refractivity contribution is 4.87. The normalized spacial score (nSPS) is 17.6. The van der Waals surface area contributed by atoms with Gasteiger partial charge in [-0.3, -0.25) is 0 Å². The summed E-state index contributed by atoms with van der Waals surface area (Å²) in [6, 6.07) is 0. The molecule has 0 amide bonds. The first kappa shape index (κ1) is 8.40. The zero-order valence-corrected chi connectivity index (χ0v) is 7.29. The molecule has 11 heavy (non-hydrogen) atoms. The summed E-state index contributed by atoms with van der Waals surface area (Å²) < 4.78 is 4.98. The smallest absolute Gasteiger partial charge is 0.0637 e. The molecule has 0 spiro atoms. The lowest BCUT2D eigenvalue weighted by Gasteiger charge is -2.28. The summed E-state index contributed by atoms with van der Waals surface area (Å²) in [6.45, 7) is 4.03. The zero-order chi connectivity index (χ0) is 8.10. The predicted molar refractivity (Wildman–Crippen MR) is 45.2 cm³/mol. The molecule has 0 aromatic carbocycles. The molecule has 0 saturated heterocycles. The molecule has 0 unspecified atom stereocenters. The molecule has 0 atom stereocenters. The summed E-state index contributed by atoms with van der Waals surface area (Å²) in [5.41, 5.74) is 0. The molecule has 0 N–H and O–H groups in total. The van der Waals surface area contributed by atoms with Crippen LogP contribution in [0.1, 0.15) is 0 Å². The van der Waals surface area contributed by atoms with Gasteiger partial charge in [-0.15, -0.1) is 0 Å². The van der Waals surface area contributed by atoms with E-state index in [0.717, 1.165) is 26.2 Å². The van der Waals surface area contributed by atoms with Gasteiger partial charge < -0.3 is 14.5 Å². The topological polar surface area (TPSA) is 15.7 Å². The first-order chi connectivity index (χ1) is 5.33. The standard InChI is InChI=1S/C8H16N2O/c1-9-3-5-10(6-4-9)7-8-11-2/h3,5H,4,6-8H2,1-2H3. The van der Waals surface area contributed by atoms with Crippen molar-refractivity contribution in [2.75, 3.05) is 40.4 Å². The van der Waals surface area contributed by atoms with Crippen molar-refractivity contribution in [2.24, 2.45) is 0 Å². The second kappa shape index (κ2) is 4.23. The number of likely N-dealkylation sites (N-methyl/N-ethyl adjacent to an activating group) is 1. The lowest BCUT2D eigenvalue weighted by atomic mass is 10.4. The van der Waals surface area contributed by atoms with Crippen molar-refractivity contribution < 1.29 is 4.74 Å². The Morgan fingerprint density at radius 3 is 2.73 bits per heavy atom. The number of hydrogen-bond acceptors (Lipinski definition) is 3. The Kier molecular flexibility index (Phi) is 3.23. The average Bonchev–Trinajstić information content (AvgIpc) is 2.04. The van der Waals surface area contributed by atoms with E-state index in [1.807, 2.05) is 0 Å². The van der Waals surface area contributed by atoms with E-state index >= 15 is 0 Å². The van der Waals surface area contributed by atoms with Gasteiger partial charge in [-0.2, -0.15) is 0 Å². The minimum absolute atomic E-state index is 0.814. The fourth-order valence-corrected chi connectivity index (χ4v) is 1.04. The van der Waals surface area contributed by atoms with Gasteiger partial charge in [0.1, 0.15) is 0 Å². The Balaban J connectivity index is 2.21. The summed E-state index contributed by atoms with van der Waals surface area (Å²) >= 11 is 0. The predicted octanol–water partition coefficient (Wildman–Crippen LogP) is 0.351. The molecule has 0 aromatic heterocycles. The van der Waals surface area contributed by atoms with E-state index in [1.165, 1.54) is 0 Å². The van der Waals surface area contributed by atoms with E-state index < -0.39 is 0 Å². The molecule has 0 radical (unpaired) electrons. The second-order valence-corrected chi connectivity index (χ2v) is 2.81. The van der Waals surface area contributed by atoms with Crippen LogP contribution in [0.3, 0.4) is 0 Å². The van der Waals surface area contributed by atoms with Crippen LogP contribution in [-0.4, -0.2) is 50.2 Å². The Morgan fingerprint density at radius 1 is 1.36 bits per heavy atom. The van der Waals surface area contributed by atoms with Crippen molar-refractivity contribution in [3.05, 3.63) is 12.4 Å². The maximum absolute atomic E-state index is 4.98. The van der Waals surface area contributed by atoms with Crippen molar-refractivity contribution in [1.82, 2.24) is 9.80 Å². The van der Waals surface area contributed by atoms with E-state index in [1.54, 1.807) is 7.11 Å². The van der Waals surface area contributed by atoms with Crippen molar-refractivity contribution in [3.8, 4) is 0 Å². The molecule has 0 saturated carbocycles. The van der Waals surface area contributed by atoms with E-state index in [4.69, 9.17) is 4.74 Å². The fourth-order valence-electron chi connectivity index (χ4n) is 1.04. The molecule has 3 heteroatoms. The average molecular weight is 156 g/mol. The third kappa shape index (κ3) is 2.80. The molecule has 1 heterocycles. The summed E-state index contributed by atoms with van der Waals surface area (Å²) in [6.07, 6.45) is 4.21. The van der Waals surface area contributed by atoms with Crippen LogP contribution in [-0.2, 0) is 4.74 Å². The largest absolute Gasteiger partial charge is 0.383 e. The molecule has 0 aliphatic carbocycles. The Hall–Kier alpha value is -0.700. The lowest BCUT2D eigenvalue weighted by Crippen LogP contribution is -2.34. The number of ether oxygens (including phenoxy) is 1. The van der Waals surface area contributed by atoms with Crippen LogP contribution in [0.2, 0.25) is 0 Å². The van der Waals surface area contributed by atoms with Gasteiger partial charge in [-0.25, -0.2) is 0 Å². The van der Waals surface area contributed by atoms with Crippen molar-refractivity contribution >= 4 is 0 Å². The molecule has 1 rings (SSSR count). The van der Waals surface area contributed by atoms with Crippen LogP contribution >= 0.6 is 0 Å².